The summed E-state index contributed by atoms with van der Waals surface area (Å²) < 4.78 is 37.1. The van der Waals surface area contributed by atoms with Crippen LogP contribution in [0.2, 0.25) is 0 Å². The van der Waals surface area contributed by atoms with E-state index in [-0.39, 0.29) is 41.4 Å². The van der Waals surface area contributed by atoms with Gasteiger partial charge in [-0.15, -0.1) is 0 Å². The van der Waals surface area contributed by atoms with E-state index < -0.39 is 39.5 Å². The Bertz CT molecular complexity index is 2250. The number of fused-ring (bicyclic) bond motifs is 4. The van der Waals surface area contributed by atoms with Gasteiger partial charge in [-0.3, -0.25) is 14.6 Å². The predicted octanol–water partition coefficient (Wildman–Crippen LogP) is 4.75. The number of carbonyl (C=O) groups excluding carboxylic acids is 1. The van der Waals surface area contributed by atoms with Gasteiger partial charge in [-0.25, -0.2) is 17.9 Å². The van der Waals surface area contributed by atoms with Crippen molar-refractivity contribution >= 4 is 27.9 Å². The maximum atomic E-state index is 13.7. The molecule has 0 saturated carbocycles. The predicted molar refractivity (Wildman–Crippen MR) is 198 cm³/mol. The molecule has 1 amide bonds. The first kappa shape index (κ1) is 36.4. The third-order valence-electron chi connectivity index (χ3n) is 10.0. The number of aliphatic imine (C=N–C) groups is 1. The van der Waals surface area contributed by atoms with Gasteiger partial charge < -0.3 is 25.5 Å². The quantitative estimate of drug-likeness (QED) is 0.0904. The molecule has 2 heterocycles. The van der Waals surface area contributed by atoms with Crippen LogP contribution in [0, 0.1) is 20.8 Å². The topological polar surface area (TPSA) is 182 Å². The number of amides is 1. The molecule has 0 unspecified atom stereocenters. The fraction of sp³-hybridized carbons (Fsp3) is 0.333. The number of ether oxygens (including phenoxy) is 1. The third-order valence-corrected chi connectivity index (χ3v) is 11.6. The summed E-state index contributed by atoms with van der Waals surface area (Å²) in [6.45, 7) is 9.32. The summed E-state index contributed by atoms with van der Waals surface area (Å²) in [4.78, 5) is 43.5. The first-order valence-corrected chi connectivity index (χ1v) is 18.7. The van der Waals surface area contributed by atoms with E-state index in [0.29, 0.717) is 17.5 Å². The minimum Gasteiger partial charge on any atom is -0.487 e. The van der Waals surface area contributed by atoms with Crippen LogP contribution in [-0.4, -0.2) is 54.1 Å². The van der Waals surface area contributed by atoms with Crippen molar-refractivity contribution < 1.29 is 27.9 Å². The van der Waals surface area contributed by atoms with Crippen LogP contribution in [0.4, 0.5) is 0 Å². The molecule has 1 aromatic heterocycles. The smallest absolute Gasteiger partial charge is 0.326 e. The minimum absolute atomic E-state index is 0.0171. The number of nitrogens with zero attached hydrogens (tertiary/aromatic N) is 2. The molecule has 5 N–H and O–H groups in total. The number of hydrogen-bond donors (Lipinski definition) is 4. The summed E-state index contributed by atoms with van der Waals surface area (Å²) in [6.07, 6.45) is 3.14. The van der Waals surface area contributed by atoms with Gasteiger partial charge in [-0.2, -0.15) is 0 Å². The molecule has 12 nitrogen and oxygen atoms in total. The van der Waals surface area contributed by atoms with Crippen molar-refractivity contribution in [3.63, 3.8) is 0 Å². The van der Waals surface area contributed by atoms with Crippen LogP contribution in [0.3, 0.4) is 0 Å². The zero-order valence-electron chi connectivity index (χ0n) is 29.8. The highest BCUT2D eigenvalue weighted by atomic mass is 32.2. The van der Waals surface area contributed by atoms with E-state index >= 15 is 0 Å². The zero-order valence-corrected chi connectivity index (χ0v) is 30.6. The summed E-state index contributed by atoms with van der Waals surface area (Å²) in [6, 6.07) is 16.7. The van der Waals surface area contributed by atoms with E-state index in [2.05, 4.69) is 15.0 Å². The van der Waals surface area contributed by atoms with Crippen molar-refractivity contribution in [1.82, 2.24) is 14.6 Å². The molecule has 0 bridgehead atoms. The molecule has 0 radical (unpaired) electrons. The summed E-state index contributed by atoms with van der Waals surface area (Å²) in [7, 11) is -4.11. The van der Waals surface area contributed by atoms with Crippen LogP contribution < -0.4 is 26.1 Å². The van der Waals surface area contributed by atoms with Crippen LogP contribution in [0.25, 0.3) is 11.1 Å². The highest BCUT2D eigenvalue weighted by molar-refractivity contribution is 7.90. The Balaban J connectivity index is 1.12. The van der Waals surface area contributed by atoms with Gasteiger partial charge in [0.25, 0.3) is 21.5 Å². The number of pyridine rings is 1. The number of aliphatic carboxylic acids is 1. The molecule has 0 saturated heterocycles. The van der Waals surface area contributed by atoms with Gasteiger partial charge in [0.2, 0.25) is 5.96 Å². The number of carbonyl (C=O) groups is 2. The van der Waals surface area contributed by atoms with Gasteiger partial charge in [0.15, 0.2) is 0 Å². The second-order valence-corrected chi connectivity index (χ2v) is 15.6. The largest absolute Gasteiger partial charge is 0.487 e. The summed E-state index contributed by atoms with van der Waals surface area (Å²) in [5, 5.41) is 12.4. The summed E-state index contributed by atoms with van der Waals surface area (Å²) >= 11 is 0. The lowest BCUT2D eigenvalue weighted by molar-refractivity contribution is -0.139. The van der Waals surface area contributed by atoms with E-state index in [9.17, 15) is 27.9 Å². The molecule has 0 spiro atoms. The fourth-order valence-corrected chi connectivity index (χ4v) is 8.80. The van der Waals surface area contributed by atoms with E-state index in [4.69, 9.17) is 10.5 Å². The Kier molecular flexibility index (Phi) is 9.75. The molecule has 1 aliphatic heterocycles. The number of rotatable bonds is 10. The number of guanidine groups is 1. The number of nitrogens with two attached hydrogens (primary N) is 1. The molecule has 4 aromatic rings. The number of hydrogen-bond acceptors (Lipinski definition) is 7. The van der Waals surface area contributed by atoms with Crippen LogP contribution in [0.15, 0.2) is 81.5 Å². The maximum absolute atomic E-state index is 13.7. The number of aromatic nitrogens is 1. The minimum atomic E-state index is -4.11. The van der Waals surface area contributed by atoms with Gasteiger partial charge in [-0.1, -0.05) is 48.5 Å². The number of nitrogens with one attached hydrogen (secondary N) is 2. The van der Waals surface area contributed by atoms with E-state index in [1.807, 2.05) is 69.3 Å². The van der Waals surface area contributed by atoms with E-state index in [0.717, 1.165) is 45.6 Å². The third kappa shape index (κ3) is 6.80. The lowest BCUT2D eigenvalue weighted by atomic mass is 9.88. The van der Waals surface area contributed by atoms with Crippen LogP contribution in [0.1, 0.15) is 82.9 Å². The first-order chi connectivity index (χ1) is 24.6. The van der Waals surface area contributed by atoms with Gasteiger partial charge in [-0.05, 0) is 117 Å². The zero-order chi connectivity index (χ0) is 37.5. The molecule has 52 heavy (non-hydrogen) atoms. The molecule has 1 atom stereocenters. The second kappa shape index (κ2) is 13.9. The normalized spacial score (nSPS) is 15.5. The molecular weight excluding hydrogens is 683 g/mol. The van der Waals surface area contributed by atoms with Crippen LogP contribution in [-0.2, 0) is 21.2 Å². The van der Waals surface area contributed by atoms with E-state index in [1.165, 1.54) is 10.6 Å². The number of benzene rings is 3. The van der Waals surface area contributed by atoms with Crippen molar-refractivity contribution in [2.24, 2.45) is 10.7 Å². The molecule has 13 heteroatoms. The highest BCUT2D eigenvalue weighted by Gasteiger charge is 2.34. The maximum Gasteiger partial charge on any atom is 0.326 e. The Morgan fingerprint density at radius 2 is 1.63 bits per heavy atom. The molecule has 1 aliphatic carbocycles. The summed E-state index contributed by atoms with van der Waals surface area (Å²) in [5.41, 5.74) is 11.5. The molecule has 0 fully saturated rings. The van der Waals surface area contributed by atoms with Gasteiger partial charge >= 0.3 is 5.97 Å². The van der Waals surface area contributed by atoms with E-state index in [1.54, 1.807) is 26.1 Å². The van der Waals surface area contributed by atoms with Crippen molar-refractivity contribution in [2.45, 2.75) is 82.9 Å². The first-order valence-electron chi connectivity index (χ1n) is 17.2. The summed E-state index contributed by atoms with van der Waals surface area (Å²) in [5.74, 6) is -1.73. The highest BCUT2D eigenvalue weighted by Crippen LogP contribution is 2.45. The Hall–Kier alpha value is -5.43. The van der Waals surface area contributed by atoms with Crippen molar-refractivity contribution in [3.8, 4) is 16.9 Å². The Morgan fingerprint density at radius 3 is 2.27 bits per heavy atom. The standard InChI is InChI=1S/C39H43N5O7S/c1-22-23(2)34(24(3)25-18-19-39(4,5)51-33(22)25)52(49,50)43-38(40)41-20-10-17-31(37(47)48)42-35(45)30-16-11-21-44(36(30)46)32-28-14-8-6-12-26(28)27-13-7-9-15-29(27)32/h6-9,11-16,21,31-32H,10,17-20H2,1-5H3,(H,42,45)(H,47,48)(H3,40,41,43)/t31-/m0/s1. The fourth-order valence-electron chi connectivity index (χ4n) is 7.28. The van der Waals surface area contributed by atoms with Crippen LogP contribution in [0.5, 0.6) is 5.75 Å². The average Bonchev–Trinajstić information content (AvgIpc) is 3.42. The Morgan fingerprint density at radius 1 is 1.00 bits per heavy atom. The van der Waals surface area contributed by atoms with Crippen molar-refractivity contribution in [1.29, 1.82) is 0 Å². The van der Waals surface area contributed by atoms with Crippen molar-refractivity contribution in [3.05, 3.63) is 116 Å². The Labute approximate surface area is 302 Å². The lowest BCUT2D eigenvalue weighted by Crippen LogP contribution is -2.43. The monoisotopic (exact) mass is 725 g/mol. The molecule has 6 rings (SSSR count). The molecule has 3 aromatic carbocycles. The van der Waals surface area contributed by atoms with Gasteiger partial charge in [0, 0.05) is 12.7 Å². The number of carboxylic acid groups (broad SMARTS) is 1. The average molecular weight is 726 g/mol. The SMILES string of the molecule is Cc1c(C)c(S(=O)(=O)NC(N)=NCCC[C@H](NC(=O)c2cccn(C3c4ccccc4-c4ccccc43)c2=O)C(=O)O)c(C)c2c1OC(C)(C)CC2. The van der Waals surface area contributed by atoms with Gasteiger partial charge in [0.1, 0.15) is 23.0 Å². The van der Waals surface area contributed by atoms with Crippen molar-refractivity contribution in [2.75, 3.05) is 6.54 Å². The second-order valence-electron chi connectivity index (χ2n) is 14.0. The van der Waals surface area contributed by atoms with Crippen LogP contribution >= 0.6 is 0 Å². The lowest BCUT2D eigenvalue weighted by Gasteiger charge is -2.35. The number of sulfonamides is 1. The van der Waals surface area contributed by atoms with Gasteiger partial charge in [0.05, 0.1) is 10.9 Å². The molecular formula is C39H43N5O7S. The molecule has 2 aliphatic rings. The number of carboxylic acids is 1. The molecule has 272 valence electrons.